The Morgan fingerprint density at radius 2 is 1.93 bits per heavy atom. The second-order valence-corrected chi connectivity index (χ2v) is 7.87. The summed E-state index contributed by atoms with van der Waals surface area (Å²) in [6.07, 6.45) is 1.53. The summed E-state index contributed by atoms with van der Waals surface area (Å²) in [6, 6.07) is 16.4. The van der Waals surface area contributed by atoms with Gasteiger partial charge in [-0.25, -0.2) is 9.78 Å². The molecule has 146 valence electrons. The summed E-state index contributed by atoms with van der Waals surface area (Å²) in [5.41, 5.74) is 2.21. The second kappa shape index (κ2) is 8.58. The Labute approximate surface area is 168 Å². The lowest BCUT2D eigenvalue weighted by Crippen LogP contribution is -2.44. The Balaban J connectivity index is 1.29. The molecule has 1 fully saturated rings. The molecule has 28 heavy (non-hydrogen) atoms. The van der Waals surface area contributed by atoms with Crippen molar-refractivity contribution >= 4 is 27.6 Å². The van der Waals surface area contributed by atoms with E-state index in [4.69, 9.17) is 4.74 Å². The Morgan fingerprint density at radius 1 is 1.18 bits per heavy atom. The first-order valence-electron chi connectivity index (χ1n) is 9.39. The number of ether oxygens (including phenoxy) is 2. The van der Waals surface area contributed by atoms with Crippen LogP contribution in [0.3, 0.4) is 0 Å². The predicted molar refractivity (Wildman–Crippen MR) is 110 cm³/mol. The highest BCUT2D eigenvalue weighted by molar-refractivity contribution is 7.20. The number of aromatic nitrogens is 1. The molecule has 2 aromatic carbocycles. The quantitative estimate of drug-likeness (QED) is 0.691. The maximum absolute atomic E-state index is 11.3. The van der Waals surface area contributed by atoms with Crippen molar-refractivity contribution < 1.29 is 14.3 Å². The van der Waals surface area contributed by atoms with Crippen LogP contribution in [0.25, 0.3) is 10.2 Å². The molecule has 1 aliphatic rings. The summed E-state index contributed by atoms with van der Waals surface area (Å²) in [5.74, 6) is 0.795. The summed E-state index contributed by atoms with van der Waals surface area (Å²) in [6.45, 7) is 2.81. The van der Waals surface area contributed by atoms with Crippen molar-refractivity contribution in [3.05, 3.63) is 54.1 Å². The molecule has 0 spiro atoms. The molecule has 0 radical (unpaired) electrons. The molecule has 6 nitrogen and oxygen atoms in total. The van der Waals surface area contributed by atoms with Gasteiger partial charge >= 0.3 is 6.09 Å². The van der Waals surface area contributed by atoms with Crippen LogP contribution in [0.1, 0.15) is 18.4 Å². The normalized spacial score (nSPS) is 15.5. The van der Waals surface area contributed by atoms with Gasteiger partial charge in [-0.2, -0.15) is 0 Å². The van der Waals surface area contributed by atoms with Gasteiger partial charge in [0.2, 0.25) is 0 Å². The lowest BCUT2D eigenvalue weighted by Gasteiger charge is -2.32. The first-order valence-corrected chi connectivity index (χ1v) is 10.2. The van der Waals surface area contributed by atoms with E-state index in [0.717, 1.165) is 48.4 Å². The molecule has 7 heteroatoms. The number of fused-ring (bicyclic) bond motifs is 1. The Hall–Kier alpha value is -2.64. The summed E-state index contributed by atoms with van der Waals surface area (Å²) >= 11 is 1.55. The maximum Gasteiger partial charge on any atom is 0.407 e. The number of nitrogens with zero attached hydrogens (tertiary/aromatic N) is 2. The van der Waals surface area contributed by atoms with Gasteiger partial charge in [-0.3, -0.25) is 4.90 Å². The number of rotatable bonds is 5. The van der Waals surface area contributed by atoms with Crippen LogP contribution in [0.15, 0.2) is 48.5 Å². The molecule has 1 saturated heterocycles. The number of alkyl carbamates (subject to hydrolysis) is 1. The van der Waals surface area contributed by atoms with Gasteiger partial charge in [-0.1, -0.05) is 35.6 Å². The SMILES string of the molecule is COC(=O)NC1CCN(Cc2ccc(Oc3nc4ccccc4s3)cc2)CC1. The van der Waals surface area contributed by atoms with E-state index >= 15 is 0 Å². The number of carbonyl (C=O) groups excluding carboxylic acids is 1. The molecule has 0 aliphatic carbocycles. The molecule has 0 saturated carbocycles. The number of thiazole rings is 1. The maximum atomic E-state index is 11.3. The Bertz CT molecular complexity index is 900. The lowest BCUT2D eigenvalue weighted by atomic mass is 10.0. The van der Waals surface area contributed by atoms with Crippen LogP contribution in [0, 0.1) is 0 Å². The molecule has 1 aliphatic heterocycles. The number of hydrogen-bond acceptors (Lipinski definition) is 6. The van der Waals surface area contributed by atoms with Crippen LogP contribution in [0.5, 0.6) is 10.9 Å². The molecule has 4 rings (SSSR count). The highest BCUT2D eigenvalue weighted by Gasteiger charge is 2.20. The van der Waals surface area contributed by atoms with E-state index in [1.807, 2.05) is 36.4 Å². The Morgan fingerprint density at radius 3 is 2.64 bits per heavy atom. The van der Waals surface area contributed by atoms with Gasteiger partial charge in [-0.05, 0) is 42.7 Å². The summed E-state index contributed by atoms with van der Waals surface area (Å²) in [4.78, 5) is 18.2. The number of benzene rings is 2. The van der Waals surface area contributed by atoms with E-state index in [1.165, 1.54) is 12.7 Å². The van der Waals surface area contributed by atoms with E-state index in [9.17, 15) is 4.79 Å². The number of carbonyl (C=O) groups is 1. The largest absolute Gasteiger partial charge is 0.453 e. The summed E-state index contributed by atoms with van der Waals surface area (Å²) in [5, 5.41) is 3.55. The lowest BCUT2D eigenvalue weighted by molar-refractivity contribution is 0.150. The minimum atomic E-state index is -0.345. The zero-order chi connectivity index (χ0) is 19.3. The fourth-order valence-electron chi connectivity index (χ4n) is 3.38. The number of likely N-dealkylation sites (tertiary alicyclic amines) is 1. The third-order valence-corrected chi connectivity index (χ3v) is 5.82. The topological polar surface area (TPSA) is 63.7 Å². The third-order valence-electron chi connectivity index (χ3n) is 4.90. The third kappa shape index (κ3) is 4.61. The number of amides is 1. The van der Waals surface area contributed by atoms with E-state index in [-0.39, 0.29) is 12.1 Å². The monoisotopic (exact) mass is 397 g/mol. The fourth-order valence-corrected chi connectivity index (χ4v) is 4.21. The molecule has 1 aromatic heterocycles. The van der Waals surface area contributed by atoms with E-state index in [1.54, 1.807) is 11.3 Å². The van der Waals surface area contributed by atoms with Gasteiger partial charge in [-0.15, -0.1) is 0 Å². The molecule has 0 bridgehead atoms. The number of nitrogens with one attached hydrogen (secondary N) is 1. The molecule has 0 atom stereocenters. The molecule has 2 heterocycles. The zero-order valence-corrected chi connectivity index (χ0v) is 16.6. The molecule has 1 amide bonds. The highest BCUT2D eigenvalue weighted by Crippen LogP contribution is 2.31. The number of methoxy groups -OCH3 is 1. The molecule has 1 N–H and O–H groups in total. The molecular formula is C21H23N3O3S. The summed E-state index contributed by atoms with van der Waals surface area (Å²) < 4.78 is 11.7. The van der Waals surface area contributed by atoms with Crippen molar-refractivity contribution in [1.82, 2.24) is 15.2 Å². The minimum absolute atomic E-state index is 0.202. The first kappa shape index (κ1) is 18.7. The summed E-state index contributed by atoms with van der Waals surface area (Å²) in [7, 11) is 1.40. The van der Waals surface area contributed by atoms with Gasteiger partial charge in [0.15, 0.2) is 0 Å². The number of piperidine rings is 1. The molecule has 3 aromatic rings. The number of para-hydroxylation sites is 1. The molecular weight excluding hydrogens is 374 g/mol. The average molecular weight is 398 g/mol. The van der Waals surface area contributed by atoms with E-state index in [2.05, 4.69) is 32.1 Å². The van der Waals surface area contributed by atoms with Crippen molar-refractivity contribution in [2.45, 2.75) is 25.4 Å². The van der Waals surface area contributed by atoms with Crippen molar-refractivity contribution in [3.8, 4) is 10.9 Å². The average Bonchev–Trinajstić information content (AvgIpc) is 3.13. The van der Waals surface area contributed by atoms with Crippen LogP contribution < -0.4 is 10.1 Å². The Kier molecular flexibility index (Phi) is 5.73. The fraction of sp³-hybridized carbons (Fsp3) is 0.333. The van der Waals surface area contributed by atoms with Crippen LogP contribution >= 0.6 is 11.3 Å². The van der Waals surface area contributed by atoms with Gasteiger partial charge in [0.25, 0.3) is 5.19 Å². The van der Waals surface area contributed by atoms with Crippen molar-refractivity contribution in [2.24, 2.45) is 0 Å². The number of hydrogen-bond donors (Lipinski definition) is 1. The second-order valence-electron chi connectivity index (χ2n) is 6.88. The standard InChI is InChI=1S/C21H23N3O3S/c1-26-20(25)22-16-10-12-24(13-11-16)14-15-6-8-17(9-7-15)27-21-23-18-4-2-3-5-19(18)28-21/h2-9,16H,10-14H2,1H3,(H,22,25). The van der Waals surface area contributed by atoms with Gasteiger partial charge in [0, 0.05) is 25.7 Å². The first-order chi connectivity index (χ1) is 13.7. The predicted octanol–water partition coefficient (Wildman–Crippen LogP) is 4.41. The van der Waals surface area contributed by atoms with Crippen molar-refractivity contribution in [2.75, 3.05) is 20.2 Å². The van der Waals surface area contributed by atoms with Crippen molar-refractivity contribution in [1.29, 1.82) is 0 Å². The van der Waals surface area contributed by atoms with Crippen LogP contribution in [-0.2, 0) is 11.3 Å². The van der Waals surface area contributed by atoms with Crippen LogP contribution in [0.4, 0.5) is 4.79 Å². The highest BCUT2D eigenvalue weighted by atomic mass is 32.1. The zero-order valence-electron chi connectivity index (χ0n) is 15.8. The van der Waals surface area contributed by atoms with E-state index in [0.29, 0.717) is 5.19 Å². The van der Waals surface area contributed by atoms with Gasteiger partial charge in [0.05, 0.1) is 17.3 Å². The van der Waals surface area contributed by atoms with E-state index < -0.39 is 0 Å². The smallest absolute Gasteiger partial charge is 0.407 e. The minimum Gasteiger partial charge on any atom is -0.453 e. The van der Waals surface area contributed by atoms with Crippen LogP contribution in [-0.4, -0.2) is 42.2 Å². The van der Waals surface area contributed by atoms with Gasteiger partial charge in [0.1, 0.15) is 5.75 Å². The van der Waals surface area contributed by atoms with Gasteiger partial charge < -0.3 is 14.8 Å². The van der Waals surface area contributed by atoms with Crippen molar-refractivity contribution in [3.63, 3.8) is 0 Å². The van der Waals surface area contributed by atoms with Crippen LogP contribution in [0.2, 0.25) is 0 Å². The molecule has 0 unspecified atom stereocenters.